The minimum absolute atomic E-state index is 0.495. The number of benzene rings is 1. The van der Waals surface area contributed by atoms with Gasteiger partial charge in [0.1, 0.15) is 0 Å². The van der Waals surface area contributed by atoms with Crippen LogP contribution in [-0.2, 0) is 5.75 Å². The molecule has 100 valence electrons. The van der Waals surface area contributed by atoms with Gasteiger partial charge in [0.25, 0.3) is 0 Å². The predicted molar refractivity (Wildman–Crippen MR) is 78.8 cm³/mol. The average Bonchev–Trinajstić information content (AvgIpc) is 2.89. The zero-order valence-corrected chi connectivity index (χ0v) is 11.4. The van der Waals surface area contributed by atoms with Gasteiger partial charge >= 0.3 is 7.12 Å². The lowest BCUT2D eigenvalue weighted by atomic mass is 9.80. The second kappa shape index (κ2) is 5.66. The first-order valence-corrected chi connectivity index (χ1v) is 7.10. The summed E-state index contributed by atoms with van der Waals surface area (Å²) in [4.78, 5) is 0. The Kier molecular flexibility index (Phi) is 3.73. The van der Waals surface area contributed by atoms with Crippen molar-refractivity contribution >= 4 is 30.0 Å². The number of hydrogen-bond acceptors (Lipinski definition) is 5. The van der Waals surface area contributed by atoms with Gasteiger partial charge in [0.15, 0.2) is 10.8 Å². The van der Waals surface area contributed by atoms with Gasteiger partial charge < -0.3 is 10.0 Å². The Morgan fingerprint density at radius 1 is 1.10 bits per heavy atom. The SMILES string of the molecule is OB(O)c1cccc(CSc2nnc3ccccn23)c1. The molecule has 0 amide bonds. The summed E-state index contributed by atoms with van der Waals surface area (Å²) in [5.74, 6) is 0.691. The van der Waals surface area contributed by atoms with Crippen LogP contribution in [0, 0.1) is 0 Å². The van der Waals surface area contributed by atoms with Gasteiger partial charge in [0.05, 0.1) is 0 Å². The zero-order chi connectivity index (χ0) is 13.9. The number of aromatic nitrogens is 3. The number of fused-ring (bicyclic) bond motifs is 1. The molecule has 0 atom stereocenters. The lowest BCUT2D eigenvalue weighted by Gasteiger charge is -2.04. The maximum Gasteiger partial charge on any atom is 0.488 e. The van der Waals surface area contributed by atoms with Crippen LogP contribution >= 0.6 is 11.8 Å². The van der Waals surface area contributed by atoms with E-state index in [2.05, 4.69) is 10.2 Å². The lowest BCUT2D eigenvalue weighted by Crippen LogP contribution is -2.29. The highest BCUT2D eigenvalue weighted by molar-refractivity contribution is 7.98. The van der Waals surface area contributed by atoms with Crippen LogP contribution < -0.4 is 5.46 Å². The van der Waals surface area contributed by atoms with Crippen LogP contribution in [0.5, 0.6) is 0 Å². The Morgan fingerprint density at radius 2 is 2.00 bits per heavy atom. The van der Waals surface area contributed by atoms with Crippen molar-refractivity contribution in [3.63, 3.8) is 0 Å². The van der Waals surface area contributed by atoms with Gasteiger partial charge in [-0.3, -0.25) is 4.40 Å². The van der Waals surface area contributed by atoms with Gasteiger partial charge in [0.2, 0.25) is 0 Å². The molecule has 0 aliphatic rings. The average molecular weight is 285 g/mol. The van der Waals surface area contributed by atoms with Crippen LogP contribution in [0.2, 0.25) is 0 Å². The smallest absolute Gasteiger partial charge is 0.423 e. The fourth-order valence-corrected chi connectivity index (χ4v) is 2.78. The summed E-state index contributed by atoms with van der Waals surface area (Å²) in [5.41, 5.74) is 2.32. The van der Waals surface area contributed by atoms with Crippen molar-refractivity contribution in [1.29, 1.82) is 0 Å². The Balaban J connectivity index is 1.78. The zero-order valence-electron chi connectivity index (χ0n) is 10.5. The summed E-state index contributed by atoms with van der Waals surface area (Å²) in [7, 11) is -1.44. The van der Waals surface area contributed by atoms with E-state index in [-0.39, 0.29) is 0 Å². The second-order valence-electron chi connectivity index (χ2n) is 4.32. The Hall–Kier alpha value is -1.83. The summed E-state index contributed by atoms with van der Waals surface area (Å²) < 4.78 is 1.93. The summed E-state index contributed by atoms with van der Waals surface area (Å²) in [5, 5.41) is 27.4. The summed E-state index contributed by atoms with van der Waals surface area (Å²) in [6.07, 6.45) is 1.92. The van der Waals surface area contributed by atoms with Crippen LogP contribution in [0.25, 0.3) is 5.65 Å². The van der Waals surface area contributed by atoms with Gasteiger partial charge in [-0.2, -0.15) is 0 Å². The molecule has 0 unspecified atom stereocenters. The van der Waals surface area contributed by atoms with Crippen LogP contribution in [0.1, 0.15) is 5.56 Å². The first kappa shape index (κ1) is 13.2. The summed E-state index contributed by atoms with van der Waals surface area (Å²) in [6.45, 7) is 0. The van der Waals surface area contributed by atoms with E-state index in [1.807, 2.05) is 40.9 Å². The minimum Gasteiger partial charge on any atom is -0.423 e. The van der Waals surface area contributed by atoms with Gasteiger partial charge in [-0.25, -0.2) is 0 Å². The Labute approximate surface area is 120 Å². The van der Waals surface area contributed by atoms with Crippen molar-refractivity contribution in [1.82, 2.24) is 14.6 Å². The molecule has 2 aromatic heterocycles. The minimum atomic E-state index is -1.44. The Bertz CT molecular complexity index is 732. The maximum absolute atomic E-state index is 9.16. The molecular weight excluding hydrogens is 273 g/mol. The van der Waals surface area contributed by atoms with E-state index in [1.54, 1.807) is 23.9 Å². The molecule has 0 spiro atoms. The van der Waals surface area contributed by atoms with Crippen LogP contribution in [0.15, 0.2) is 53.8 Å². The number of thioether (sulfide) groups is 1. The highest BCUT2D eigenvalue weighted by Crippen LogP contribution is 2.21. The molecule has 3 aromatic rings. The maximum atomic E-state index is 9.16. The molecule has 0 saturated carbocycles. The van der Waals surface area contributed by atoms with Gasteiger partial charge in [-0.1, -0.05) is 42.1 Å². The van der Waals surface area contributed by atoms with E-state index in [1.165, 1.54) is 0 Å². The summed E-state index contributed by atoms with van der Waals surface area (Å²) in [6, 6.07) is 13.0. The molecule has 0 aliphatic carbocycles. The van der Waals surface area contributed by atoms with Crippen LogP contribution in [0.3, 0.4) is 0 Å². The third-order valence-electron chi connectivity index (χ3n) is 2.90. The van der Waals surface area contributed by atoms with E-state index >= 15 is 0 Å². The van der Waals surface area contributed by atoms with Crippen molar-refractivity contribution in [3.05, 3.63) is 54.2 Å². The molecule has 0 fully saturated rings. The van der Waals surface area contributed by atoms with E-state index in [9.17, 15) is 0 Å². The fraction of sp³-hybridized carbons (Fsp3) is 0.0769. The van der Waals surface area contributed by atoms with Crippen LogP contribution in [0.4, 0.5) is 0 Å². The quantitative estimate of drug-likeness (QED) is 0.545. The number of pyridine rings is 1. The standard InChI is InChI=1S/C13H12BN3O2S/c18-14(19)11-5-3-4-10(8-11)9-20-13-16-15-12-6-1-2-7-17(12)13/h1-8,18-19H,9H2. The van der Waals surface area contributed by atoms with E-state index < -0.39 is 7.12 Å². The van der Waals surface area contributed by atoms with Gasteiger partial charge in [-0.15, -0.1) is 10.2 Å². The van der Waals surface area contributed by atoms with Crippen LogP contribution in [-0.4, -0.2) is 31.8 Å². The first-order valence-electron chi connectivity index (χ1n) is 6.11. The van der Waals surface area contributed by atoms with Crippen molar-refractivity contribution in [2.24, 2.45) is 0 Å². The van der Waals surface area contributed by atoms with E-state index in [4.69, 9.17) is 10.0 Å². The molecule has 1 aromatic carbocycles. The number of nitrogens with zero attached hydrogens (tertiary/aromatic N) is 3. The lowest BCUT2D eigenvalue weighted by molar-refractivity contribution is 0.425. The highest BCUT2D eigenvalue weighted by Gasteiger charge is 2.11. The molecule has 7 heteroatoms. The molecule has 20 heavy (non-hydrogen) atoms. The monoisotopic (exact) mass is 285 g/mol. The molecule has 2 heterocycles. The van der Waals surface area contributed by atoms with E-state index in [0.717, 1.165) is 16.4 Å². The van der Waals surface area contributed by atoms with Crippen molar-refractivity contribution in [2.75, 3.05) is 0 Å². The van der Waals surface area contributed by atoms with E-state index in [0.29, 0.717) is 11.2 Å². The molecular formula is C13H12BN3O2S. The van der Waals surface area contributed by atoms with Crippen molar-refractivity contribution in [2.45, 2.75) is 10.9 Å². The molecule has 0 aliphatic heterocycles. The van der Waals surface area contributed by atoms with Gasteiger partial charge in [0, 0.05) is 11.9 Å². The highest BCUT2D eigenvalue weighted by atomic mass is 32.2. The molecule has 0 saturated heterocycles. The molecule has 0 radical (unpaired) electrons. The van der Waals surface area contributed by atoms with Crippen molar-refractivity contribution < 1.29 is 10.0 Å². The molecule has 5 nitrogen and oxygen atoms in total. The fourth-order valence-electron chi connectivity index (χ4n) is 1.91. The second-order valence-corrected chi connectivity index (χ2v) is 5.26. The number of rotatable bonds is 4. The number of hydrogen-bond donors (Lipinski definition) is 2. The van der Waals surface area contributed by atoms with Gasteiger partial charge in [-0.05, 0) is 23.2 Å². The first-order chi connectivity index (χ1) is 9.74. The summed E-state index contributed by atoms with van der Waals surface area (Å²) >= 11 is 1.56. The Morgan fingerprint density at radius 3 is 2.85 bits per heavy atom. The molecule has 2 N–H and O–H groups in total. The van der Waals surface area contributed by atoms with Crippen molar-refractivity contribution in [3.8, 4) is 0 Å². The molecule has 0 bridgehead atoms. The normalized spacial score (nSPS) is 10.9. The third-order valence-corrected chi connectivity index (χ3v) is 3.91. The largest absolute Gasteiger partial charge is 0.488 e. The molecule has 3 rings (SSSR count). The predicted octanol–water partition coefficient (Wildman–Crippen LogP) is 0.701. The third kappa shape index (κ3) is 2.70. The topological polar surface area (TPSA) is 70.7 Å².